The van der Waals surface area contributed by atoms with Crippen molar-refractivity contribution in [3.63, 3.8) is 0 Å². The van der Waals surface area contributed by atoms with Crippen LogP contribution in [-0.4, -0.2) is 14.5 Å². The molecule has 15 heavy (non-hydrogen) atoms. The molecule has 0 aliphatic rings. The number of nitrogens with zero attached hydrogens (tertiary/aromatic N) is 3. The Balaban J connectivity index is 2.47. The van der Waals surface area contributed by atoms with E-state index in [9.17, 15) is 10.1 Å². The molecule has 0 aliphatic carbocycles. The number of aromatic nitrogens is 2. The van der Waals surface area contributed by atoms with E-state index in [-0.39, 0.29) is 10.6 Å². The molecular weight excluding hydrogens is 309 g/mol. The standard InChI is InChI=1S/C9H6IN3O2/c10-8-5-7(12-4-3-11-6-12)1-2-9(8)13(14)15/h1-6H. The van der Waals surface area contributed by atoms with Crippen molar-refractivity contribution in [1.82, 2.24) is 9.55 Å². The van der Waals surface area contributed by atoms with E-state index in [2.05, 4.69) is 4.98 Å². The fourth-order valence-corrected chi connectivity index (χ4v) is 1.91. The Morgan fingerprint density at radius 1 is 1.47 bits per heavy atom. The Hall–Kier alpha value is -1.44. The van der Waals surface area contributed by atoms with Crippen molar-refractivity contribution in [3.05, 3.63) is 50.6 Å². The number of nitro groups is 1. The Morgan fingerprint density at radius 2 is 2.27 bits per heavy atom. The summed E-state index contributed by atoms with van der Waals surface area (Å²) in [5.41, 5.74) is 0.988. The number of imidazole rings is 1. The lowest BCUT2D eigenvalue weighted by molar-refractivity contribution is -0.385. The van der Waals surface area contributed by atoms with E-state index >= 15 is 0 Å². The second kappa shape index (κ2) is 3.97. The Labute approximate surface area is 99.0 Å². The molecule has 1 aromatic carbocycles. The van der Waals surface area contributed by atoms with Gasteiger partial charge >= 0.3 is 0 Å². The third-order valence-corrected chi connectivity index (χ3v) is 2.79. The Kier molecular flexibility index (Phi) is 2.67. The van der Waals surface area contributed by atoms with E-state index in [1.54, 1.807) is 35.4 Å². The molecule has 0 aliphatic heterocycles. The maximum Gasteiger partial charge on any atom is 0.282 e. The maximum atomic E-state index is 10.6. The van der Waals surface area contributed by atoms with Gasteiger partial charge in [-0.3, -0.25) is 10.1 Å². The van der Waals surface area contributed by atoms with Gasteiger partial charge in [-0.25, -0.2) is 4.98 Å². The molecule has 1 aromatic heterocycles. The minimum Gasteiger partial charge on any atom is -0.306 e. The SMILES string of the molecule is O=[N+]([O-])c1ccc(-n2ccnc2)cc1I. The third kappa shape index (κ3) is 1.99. The quantitative estimate of drug-likeness (QED) is 0.486. The molecule has 0 spiro atoms. The van der Waals surface area contributed by atoms with E-state index in [0.717, 1.165) is 5.69 Å². The van der Waals surface area contributed by atoms with Gasteiger partial charge in [-0.05, 0) is 34.7 Å². The predicted octanol–water partition coefficient (Wildman–Crippen LogP) is 2.39. The van der Waals surface area contributed by atoms with E-state index in [4.69, 9.17) is 0 Å². The van der Waals surface area contributed by atoms with E-state index in [0.29, 0.717) is 3.57 Å². The maximum absolute atomic E-state index is 10.6. The summed E-state index contributed by atoms with van der Waals surface area (Å²) < 4.78 is 2.41. The van der Waals surface area contributed by atoms with Crippen LogP contribution in [0.4, 0.5) is 5.69 Å². The minimum absolute atomic E-state index is 0.125. The van der Waals surface area contributed by atoms with Gasteiger partial charge in [0.2, 0.25) is 0 Å². The van der Waals surface area contributed by atoms with Gasteiger partial charge in [0.05, 0.1) is 14.8 Å². The first-order chi connectivity index (χ1) is 7.18. The number of hydrogen-bond acceptors (Lipinski definition) is 3. The van der Waals surface area contributed by atoms with E-state index < -0.39 is 0 Å². The fourth-order valence-electron chi connectivity index (χ4n) is 1.22. The molecule has 0 amide bonds. The smallest absolute Gasteiger partial charge is 0.282 e. The van der Waals surface area contributed by atoms with Gasteiger partial charge in [0.1, 0.15) is 0 Å². The number of halogens is 1. The van der Waals surface area contributed by atoms with Crippen LogP contribution < -0.4 is 0 Å². The first kappa shape index (κ1) is 10.1. The second-order valence-electron chi connectivity index (χ2n) is 2.86. The van der Waals surface area contributed by atoms with Crippen LogP contribution in [-0.2, 0) is 0 Å². The third-order valence-electron chi connectivity index (χ3n) is 1.93. The van der Waals surface area contributed by atoms with Gasteiger partial charge in [0.25, 0.3) is 5.69 Å². The number of rotatable bonds is 2. The van der Waals surface area contributed by atoms with Gasteiger partial charge in [-0.2, -0.15) is 0 Å². The highest BCUT2D eigenvalue weighted by atomic mass is 127. The largest absolute Gasteiger partial charge is 0.306 e. The molecule has 1 heterocycles. The summed E-state index contributed by atoms with van der Waals surface area (Å²) in [5, 5.41) is 10.6. The van der Waals surface area contributed by atoms with Crippen LogP contribution in [0.25, 0.3) is 5.69 Å². The van der Waals surface area contributed by atoms with Crippen molar-refractivity contribution in [1.29, 1.82) is 0 Å². The van der Waals surface area contributed by atoms with Crippen LogP contribution in [0, 0.1) is 13.7 Å². The van der Waals surface area contributed by atoms with Crippen LogP contribution in [0.5, 0.6) is 0 Å². The summed E-state index contributed by atoms with van der Waals surface area (Å²) in [4.78, 5) is 14.1. The summed E-state index contributed by atoms with van der Waals surface area (Å²) >= 11 is 1.95. The number of nitro benzene ring substituents is 1. The van der Waals surface area contributed by atoms with Crippen molar-refractivity contribution < 1.29 is 4.92 Å². The second-order valence-corrected chi connectivity index (χ2v) is 4.02. The molecule has 2 aromatic rings. The van der Waals surface area contributed by atoms with Crippen LogP contribution in [0.1, 0.15) is 0 Å². The monoisotopic (exact) mass is 315 g/mol. The summed E-state index contributed by atoms with van der Waals surface area (Å²) in [6.45, 7) is 0. The number of hydrogen-bond donors (Lipinski definition) is 0. The molecule has 0 saturated carbocycles. The fraction of sp³-hybridized carbons (Fsp3) is 0. The van der Waals surface area contributed by atoms with Crippen molar-refractivity contribution >= 4 is 28.3 Å². The van der Waals surface area contributed by atoms with E-state index in [1.165, 1.54) is 6.07 Å². The molecule has 0 bridgehead atoms. The molecular formula is C9H6IN3O2. The zero-order valence-electron chi connectivity index (χ0n) is 7.50. The zero-order valence-corrected chi connectivity index (χ0v) is 9.66. The van der Waals surface area contributed by atoms with Gasteiger partial charge in [0.15, 0.2) is 0 Å². The van der Waals surface area contributed by atoms with Crippen molar-refractivity contribution in [2.75, 3.05) is 0 Å². The molecule has 6 heteroatoms. The first-order valence-electron chi connectivity index (χ1n) is 4.11. The summed E-state index contributed by atoms with van der Waals surface area (Å²) in [7, 11) is 0. The van der Waals surface area contributed by atoms with Crippen molar-refractivity contribution in [3.8, 4) is 5.69 Å². The van der Waals surface area contributed by atoms with E-state index in [1.807, 2.05) is 22.6 Å². The summed E-state index contributed by atoms with van der Waals surface area (Å²) in [5.74, 6) is 0. The van der Waals surface area contributed by atoms with Crippen LogP contribution >= 0.6 is 22.6 Å². The molecule has 0 atom stereocenters. The predicted molar refractivity (Wildman–Crippen MR) is 62.9 cm³/mol. The van der Waals surface area contributed by atoms with Gasteiger partial charge in [-0.15, -0.1) is 0 Å². The van der Waals surface area contributed by atoms with Crippen LogP contribution in [0.3, 0.4) is 0 Å². The molecule has 0 unspecified atom stereocenters. The van der Waals surface area contributed by atoms with Crippen LogP contribution in [0.15, 0.2) is 36.9 Å². The molecule has 0 fully saturated rings. The normalized spacial score (nSPS) is 10.2. The lowest BCUT2D eigenvalue weighted by Crippen LogP contribution is -1.95. The summed E-state index contributed by atoms with van der Waals surface area (Å²) in [6, 6.07) is 4.94. The molecule has 0 saturated heterocycles. The molecule has 2 rings (SSSR count). The average molecular weight is 315 g/mol. The first-order valence-corrected chi connectivity index (χ1v) is 5.18. The molecule has 76 valence electrons. The van der Waals surface area contributed by atoms with Crippen molar-refractivity contribution in [2.45, 2.75) is 0 Å². The van der Waals surface area contributed by atoms with Gasteiger partial charge < -0.3 is 4.57 Å². The highest BCUT2D eigenvalue weighted by Crippen LogP contribution is 2.23. The van der Waals surface area contributed by atoms with Crippen LogP contribution in [0.2, 0.25) is 0 Å². The highest BCUT2D eigenvalue weighted by molar-refractivity contribution is 14.1. The van der Waals surface area contributed by atoms with Gasteiger partial charge in [-0.1, -0.05) is 0 Å². The molecule has 5 nitrogen and oxygen atoms in total. The topological polar surface area (TPSA) is 61.0 Å². The lowest BCUT2D eigenvalue weighted by Gasteiger charge is -2.02. The molecule has 0 N–H and O–H groups in total. The lowest BCUT2D eigenvalue weighted by atomic mass is 10.3. The minimum atomic E-state index is -0.389. The zero-order chi connectivity index (χ0) is 10.8. The Bertz CT molecular complexity index is 496. The van der Waals surface area contributed by atoms with Crippen molar-refractivity contribution in [2.24, 2.45) is 0 Å². The molecule has 0 radical (unpaired) electrons. The Morgan fingerprint density at radius 3 is 2.80 bits per heavy atom. The number of benzene rings is 1. The summed E-state index contributed by atoms with van der Waals surface area (Å²) in [6.07, 6.45) is 5.10. The van der Waals surface area contributed by atoms with Gasteiger partial charge in [0, 0.05) is 24.1 Å². The average Bonchev–Trinajstić information content (AvgIpc) is 2.69. The highest BCUT2D eigenvalue weighted by Gasteiger charge is 2.11.